The summed E-state index contributed by atoms with van der Waals surface area (Å²) < 4.78 is 10.7. The molecule has 0 aliphatic carbocycles. The van der Waals surface area contributed by atoms with Gasteiger partial charge in [0.25, 0.3) is 0 Å². The summed E-state index contributed by atoms with van der Waals surface area (Å²) in [7, 11) is 1.77. The molecule has 1 N–H and O–H groups in total. The summed E-state index contributed by atoms with van der Waals surface area (Å²) in [5.41, 5.74) is 0. The third-order valence-corrected chi connectivity index (χ3v) is 4.00. The Morgan fingerprint density at radius 3 is 2.71 bits per heavy atom. The number of hydrogen-bond acceptors (Lipinski definition) is 4. The van der Waals surface area contributed by atoms with Gasteiger partial charge in [-0.2, -0.15) is 0 Å². The molecule has 120 valence electrons. The molecule has 7 heteroatoms. The Morgan fingerprint density at radius 2 is 2.05 bits per heavy atom. The third-order valence-electron chi connectivity index (χ3n) is 4.00. The molecule has 2 aliphatic heterocycles. The number of carboxylic acids is 1. The van der Waals surface area contributed by atoms with Crippen molar-refractivity contribution in [3.05, 3.63) is 0 Å². The Balaban J connectivity index is 1.90. The normalized spacial score (nSPS) is 26.4. The number of nitrogens with zero attached hydrogens (tertiary/aromatic N) is 2. The minimum atomic E-state index is -0.911. The number of urea groups is 1. The first-order valence-electron chi connectivity index (χ1n) is 7.47. The van der Waals surface area contributed by atoms with Crippen LogP contribution >= 0.6 is 0 Å². The molecule has 2 rings (SSSR count). The Morgan fingerprint density at radius 1 is 1.29 bits per heavy atom. The van der Waals surface area contributed by atoms with Gasteiger partial charge in [0.2, 0.25) is 0 Å². The molecule has 2 saturated heterocycles. The number of hydrogen-bond donors (Lipinski definition) is 1. The van der Waals surface area contributed by atoms with E-state index in [-0.39, 0.29) is 18.5 Å². The van der Waals surface area contributed by atoms with Crippen LogP contribution in [-0.4, -0.2) is 79.5 Å². The van der Waals surface area contributed by atoms with Crippen LogP contribution in [0.3, 0.4) is 0 Å². The molecule has 2 amide bonds. The van der Waals surface area contributed by atoms with Crippen molar-refractivity contribution >= 4 is 12.0 Å². The average Bonchev–Trinajstić information content (AvgIpc) is 2.47. The molecule has 0 bridgehead atoms. The molecule has 7 nitrogen and oxygen atoms in total. The molecule has 2 fully saturated rings. The van der Waals surface area contributed by atoms with Crippen LogP contribution in [-0.2, 0) is 14.3 Å². The maximum atomic E-state index is 12.5. The highest BCUT2D eigenvalue weighted by Gasteiger charge is 2.31. The van der Waals surface area contributed by atoms with E-state index in [1.54, 1.807) is 16.8 Å². The van der Waals surface area contributed by atoms with Gasteiger partial charge < -0.3 is 24.4 Å². The van der Waals surface area contributed by atoms with Crippen LogP contribution in [0.15, 0.2) is 0 Å². The van der Waals surface area contributed by atoms with Gasteiger partial charge in [-0.3, -0.25) is 4.79 Å². The predicted octanol–water partition coefficient (Wildman–Crippen LogP) is 0.640. The van der Waals surface area contributed by atoms with Gasteiger partial charge in [0, 0.05) is 32.7 Å². The molecule has 0 saturated carbocycles. The fourth-order valence-corrected chi connectivity index (χ4v) is 2.91. The van der Waals surface area contributed by atoms with Crippen molar-refractivity contribution in [1.29, 1.82) is 0 Å². The van der Waals surface area contributed by atoms with Crippen molar-refractivity contribution in [3.8, 4) is 0 Å². The van der Waals surface area contributed by atoms with Crippen molar-refractivity contribution in [2.75, 3.05) is 46.6 Å². The van der Waals surface area contributed by atoms with Gasteiger partial charge in [0.15, 0.2) is 0 Å². The maximum Gasteiger partial charge on any atom is 0.320 e. The van der Waals surface area contributed by atoms with E-state index in [4.69, 9.17) is 14.6 Å². The van der Waals surface area contributed by atoms with Crippen LogP contribution < -0.4 is 0 Å². The number of carbonyl (C=O) groups excluding carboxylic acids is 1. The highest BCUT2D eigenvalue weighted by molar-refractivity contribution is 5.76. The molecule has 2 atom stereocenters. The van der Waals surface area contributed by atoms with Crippen LogP contribution in [0.4, 0.5) is 4.79 Å². The van der Waals surface area contributed by atoms with E-state index < -0.39 is 5.97 Å². The lowest BCUT2D eigenvalue weighted by atomic mass is 10.0. The van der Waals surface area contributed by atoms with Gasteiger partial charge in [0.1, 0.15) is 0 Å². The number of carboxylic acid groups (broad SMARTS) is 1. The summed E-state index contributed by atoms with van der Waals surface area (Å²) >= 11 is 0. The SMILES string of the molecule is CN(CC1CCCOC1)C(=O)N1CCOCC1CC(=O)O. The average molecular weight is 300 g/mol. The van der Waals surface area contributed by atoms with Gasteiger partial charge in [-0.15, -0.1) is 0 Å². The Bertz CT molecular complexity index is 370. The second kappa shape index (κ2) is 7.61. The smallest absolute Gasteiger partial charge is 0.320 e. The van der Waals surface area contributed by atoms with Crippen LogP contribution in [0.2, 0.25) is 0 Å². The first-order chi connectivity index (χ1) is 10.1. The zero-order valence-electron chi connectivity index (χ0n) is 12.5. The fraction of sp³-hybridized carbons (Fsp3) is 0.857. The number of ether oxygens (including phenoxy) is 2. The van der Waals surface area contributed by atoms with Gasteiger partial charge >= 0.3 is 12.0 Å². The molecule has 2 heterocycles. The number of rotatable bonds is 4. The lowest BCUT2D eigenvalue weighted by Crippen LogP contribution is -2.54. The van der Waals surface area contributed by atoms with Crippen molar-refractivity contribution in [2.45, 2.75) is 25.3 Å². The van der Waals surface area contributed by atoms with E-state index >= 15 is 0 Å². The molecule has 0 radical (unpaired) electrons. The minimum Gasteiger partial charge on any atom is -0.481 e. The topological polar surface area (TPSA) is 79.3 Å². The molecular weight excluding hydrogens is 276 g/mol. The fourth-order valence-electron chi connectivity index (χ4n) is 2.91. The summed E-state index contributed by atoms with van der Waals surface area (Å²) in [4.78, 5) is 26.7. The maximum absolute atomic E-state index is 12.5. The number of aliphatic carboxylic acids is 1. The molecule has 2 unspecified atom stereocenters. The van der Waals surface area contributed by atoms with E-state index in [0.29, 0.717) is 38.8 Å². The van der Waals surface area contributed by atoms with Gasteiger partial charge in [-0.25, -0.2) is 4.79 Å². The van der Waals surface area contributed by atoms with Gasteiger partial charge in [-0.1, -0.05) is 0 Å². The van der Waals surface area contributed by atoms with Crippen LogP contribution in [0.1, 0.15) is 19.3 Å². The van der Waals surface area contributed by atoms with Crippen LogP contribution in [0.5, 0.6) is 0 Å². The third kappa shape index (κ3) is 4.57. The number of amides is 2. The molecule has 0 aromatic rings. The van der Waals surface area contributed by atoms with Crippen molar-refractivity contribution in [2.24, 2.45) is 5.92 Å². The summed E-state index contributed by atoms with van der Waals surface area (Å²) in [6, 6.07) is -0.496. The summed E-state index contributed by atoms with van der Waals surface area (Å²) in [5, 5.41) is 8.94. The summed E-state index contributed by atoms with van der Waals surface area (Å²) in [5.74, 6) is -0.543. The van der Waals surface area contributed by atoms with Gasteiger partial charge in [-0.05, 0) is 12.8 Å². The van der Waals surface area contributed by atoms with E-state index in [9.17, 15) is 9.59 Å². The highest BCUT2D eigenvalue weighted by atomic mass is 16.5. The zero-order valence-corrected chi connectivity index (χ0v) is 12.5. The number of carbonyl (C=O) groups is 2. The first-order valence-corrected chi connectivity index (χ1v) is 7.47. The lowest BCUT2D eigenvalue weighted by Gasteiger charge is -2.38. The van der Waals surface area contributed by atoms with Crippen molar-refractivity contribution in [1.82, 2.24) is 9.80 Å². The molecule has 0 aromatic carbocycles. The quantitative estimate of drug-likeness (QED) is 0.824. The molecule has 21 heavy (non-hydrogen) atoms. The summed E-state index contributed by atoms with van der Waals surface area (Å²) in [6.07, 6.45) is 2.03. The minimum absolute atomic E-state index is 0.0773. The standard InChI is InChI=1S/C14H24N2O5/c1-15(8-11-3-2-5-20-9-11)14(19)16-4-6-21-10-12(16)7-13(17)18/h11-12H,2-10H2,1H3,(H,17,18). The van der Waals surface area contributed by atoms with E-state index in [1.165, 1.54) is 0 Å². The van der Waals surface area contributed by atoms with E-state index in [0.717, 1.165) is 19.4 Å². The van der Waals surface area contributed by atoms with Crippen LogP contribution in [0.25, 0.3) is 0 Å². The van der Waals surface area contributed by atoms with Crippen LogP contribution in [0, 0.1) is 5.92 Å². The highest BCUT2D eigenvalue weighted by Crippen LogP contribution is 2.17. The van der Waals surface area contributed by atoms with Gasteiger partial charge in [0.05, 0.1) is 32.3 Å². The second-order valence-electron chi connectivity index (χ2n) is 5.77. The first kappa shape index (κ1) is 16.0. The Kier molecular flexibility index (Phi) is 5.81. The van der Waals surface area contributed by atoms with Crippen molar-refractivity contribution in [3.63, 3.8) is 0 Å². The predicted molar refractivity (Wildman–Crippen MR) is 75.1 cm³/mol. The lowest BCUT2D eigenvalue weighted by molar-refractivity contribution is -0.139. The Labute approximate surface area is 124 Å². The number of morpholine rings is 1. The summed E-state index contributed by atoms with van der Waals surface area (Å²) in [6.45, 7) is 3.34. The largest absolute Gasteiger partial charge is 0.481 e. The van der Waals surface area contributed by atoms with E-state index in [2.05, 4.69) is 0 Å². The Hall–Kier alpha value is -1.34. The zero-order chi connectivity index (χ0) is 15.2. The molecule has 2 aliphatic rings. The molecular formula is C14H24N2O5. The molecule has 0 spiro atoms. The van der Waals surface area contributed by atoms with Crippen molar-refractivity contribution < 1.29 is 24.2 Å². The van der Waals surface area contributed by atoms with E-state index in [1.807, 2.05) is 0 Å². The monoisotopic (exact) mass is 300 g/mol. The molecule has 0 aromatic heterocycles. The second-order valence-corrected chi connectivity index (χ2v) is 5.77.